The number of carbonyl (C=O) groups excluding carboxylic acids is 1. The Bertz CT molecular complexity index is 1100. The van der Waals surface area contributed by atoms with Gasteiger partial charge in [-0.05, 0) is 83.2 Å². The molecule has 3 aromatic rings. The molecule has 2 unspecified atom stereocenters. The van der Waals surface area contributed by atoms with Crippen molar-refractivity contribution in [3.8, 4) is 17.2 Å². The monoisotopic (exact) mass is 476 g/mol. The number of para-hydroxylation sites is 1. The fraction of sp³-hybridized carbons (Fsp3) is 0.387. The van der Waals surface area contributed by atoms with Crippen LogP contribution in [0.1, 0.15) is 100 Å². The van der Waals surface area contributed by atoms with Crippen molar-refractivity contribution >= 4 is 5.97 Å². The van der Waals surface area contributed by atoms with Gasteiger partial charge in [0.05, 0.1) is 0 Å². The second-order valence-electron chi connectivity index (χ2n) is 10.2. The number of esters is 1. The molecular weight excluding hydrogens is 436 g/mol. The topological polar surface area (TPSA) is 66.8 Å². The van der Waals surface area contributed by atoms with Gasteiger partial charge in [0, 0.05) is 0 Å². The van der Waals surface area contributed by atoms with E-state index in [4.69, 9.17) is 4.74 Å². The molecule has 3 rings (SSSR count). The molecule has 0 aromatic heterocycles. The molecule has 0 heterocycles. The maximum Gasteiger partial charge on any atom is 0.347 e. The lowest BCUT2D eigenvalue weighted by atomic mass is 9.84. The van der Waals surface area contributed by atoms with Crippen molar-refractivity contribution in [3.05, 3.63) is 89.0 Å². The minimum atomic E-state index is -0.543. The van der Waals surface area contributed by atoms with Gasteiger partial charge in [-0.3, -0.25) is 0 Å². The van der Waals surface area contributed by atoms with E-state index in [-0.39, 0.29) is 16.7 Å². The van der Waals surface area contributed by atoms with Crippen molar-refractivity contribution in [3.63, 3.8) is 0 Å². The Morgan fingerprint density at radius 1 is 0.829 bits per heavy atom. The number of carbonyl (C=O) groups is 1. The van der Waals surface area contributed by atoms with Crippen LogP contribution in [0.2, 0.25) is 0 Å². The van der Waals surface area contributed by atoms with E-state index >= 15 is 0 Å². The van der Waals surface area contributed by atoms with Gasteiger partial charge in [-0.15, -0.1) is 0 Å². The number of phenols is 2. The van der Waals surface area contributed by atoms with Crippen LogP contribution < -0.4 is 4.74 Å². The van der Waals surface area contributed by atoms with Crippen molar-refractivity contribution in [2.75, 3.05) is 0 Å². The Morgan fingerprint density at radius 3 is 2.00 bits per heavy atom. The van der Waals surface area contributed by atoms with E-state index in [1.165, 1.54) is 11.1 Å². The summed E-state index contributed by atoms with van der Waals surface area (Å²) in [5.74, 6) is 1.09. The van der Waals surface area contributed by atoms with Crippen molar-refractivity contribution in [2.24, 2.45) is 0 Å². The van der Waals surface area contributed by atoms with Gasteiger partial charge in [0.2, 0.25) is 0 Å². The van der Waals surface area contributed by atoms with E-state index in [0.29, 0.717) is 23.3 Å². The average Bonchev–Trinajstić information content (AvgIpc) is 2.83. The maximum atomic E-state index is 12.1. The van der Waals surface area contributed by atoms with Gasteiger partial charge in [0.25, 0.3) is 0 Å². The molecule has 35 heavy (non-hydrogen) atoms. The molecule has 0 spiro atoms. The Kier molecular flexibility index (Phi) is 9.94. The summed E-state index contributed by atoms with van der Waals surface area (Å²) in [4.78, 5) is 12.1. The van der Waals surface area contributed by atoms with Crippen LogP contribution in [-0.4, -0.2) is 16.2 Å². The number of phenolic OH excluding ortho intramolecular Hbond substituents is 2. The SMILES string of the molecule is CCC(C)c1cc(O)cc(C(C)(C)C)c1.CCC(C)c1ccc(O)c(C(=O)Oc2ccccc2)c1. The van der Waals surface area contributed by atoms with E-state index in [2.05, 4.69) is 54.5 Å². The van der Waals surface area contributed by atoms with Crippen LogP contribution in [0.4, 0.5) is 0 Å². The summed E-state index contributed by atoms with van der Waals surface area (Å²) in [6, 6.07) is 19.9. The van der Waals surface area contributed by atoms with Gasteiger partial charge < -0.3 is 14.9 Å². The molecule has 3 aromatic carbocycles. The number of aromatic hydroxyl groups is 2. The van der Waals surface area contributed by atoms with E-state index in [0.717, 1.165) is 18.4 Å². The summed E-state index contributed by atoms with van der Waals surface area (Å²) < 4.78 is 5.25. The molecular formula is C31H40O4. The van der Waals surface area contributed by atoms with Crippen LogP contribution in [0.3, 0.4) is 0 Å². The summed E-state index contributed by atoms with van der Waals surface area (Å²) in [5.41, 5.74) is 3.76. The first kappa shape index (κ1) is 28.0. The normalized spacial score (nSPS) is 12.8. The zero-order chi connectivity index (χ0) is 26.2. The van der Waals surface area contributed by atoms with Gasteiger partial charge in [-0.2, -0.15) is 0 Å². The molecule has 0 radical (unpaired) electrons. The highest BCUT2D eigenvalue weighted by atomic mass is 16.5. The standard InChI is InChI=1S/C17H18O3.C14H22O/c1-3-12(2)13-9-10-16(18)15(11-13)17(19)20-14-7-5-4-6-8-14;1-6-10(2)11-7-12(14(3,4)5)9-13(15)8-11/h4-12,18H,3H2,1-2H3;7-10,15H,6H2,1-5H3. The minimum Gasteiger partial charge on any atom is -0.508 e. The summed E-state index contributed by atoms with van der Waals surface area (Å²) in [7, 11) is 0. The van der Waals surface area contributed by atoms with Crippen molar-refractivity contribution in [2.45, 2.75) is 78.6 Å². The molecule has 0 amide bonds. The van der Waals surface area contributed by atoms with Gasteiger partial charge in [-0.25, -0.2) is 4.79 Å². The molecule has 0 saturated carbocycles. The van der Waals surface area contributed by atoms with Crippen LogP contribution >= 0.6 is 0 Å². The Morgan fingerprint density at radius 2 is 1.43 bits per heavy atom. The lowest BCUT2D eigenvalue weighted by molar-refractivity contribution is 0.0731. The molecule has 188 valence electrons. The molecule has 0 fully saturated rings. The van der Waals surface area contributed by atoms with Crippen LogP contribution in [-0.2, 0) is 5.41 Å². The number of hydrogen-bond donors (Lipinski definition) is 2. The third kappa shape index (κ3) is 8.17. The first-order valence-corrected chi connectivity index (χ1v) is 12.4. The fourth-order valence-electron chi connectivity index (χ4n) is 3.50. The Labute approximate surface area is 210 Å². The van der Waals surface area contributed by atoms with Crippen LogP contribution in [0.5, 0.6) is 17.2 Å². The molecule has 0 bridgehead atoms. The Hall–Kier alpha value is -3.27. The summed E-state index contributed by atoms with van der Waals surface area (Å²) in [6.45, 7) is 15.0. The lowest BCUT2D eigenvalue weighted by Gasteiger charge is -2.21. The quantitative estimate of drug-likeness (QED) is 0.277. The number of benzene rings is 3. The largest absolute Gasteiger partial charge is 0.508 e. The summed E-state index contributed by atoms with van der Waals surface area (Å²) in [5, 5.41) is 19.5. The minimum absolute atomic E-state index is 0.0574. The van der Waals surface area contributed by atoms with Crippen LogP contribution in [0, 0.1) is 0 Å². The molecule has 0 aliphatic rings. The van der Waals surface area contributed by atoms with Gasteiger partial charge in [0.15, 0.2) is 0 Å². The zero-order valence-electron chi connectivity index (χ0n) is 22.1. The highest BCUT2D eigenvalue weighted by Crippen LogP contribution is 2.31. The first-order chi connectivity index (χ1) is 16.5. The fourth-order valence-corrected chi connectivity index (χ4v) is 3.50. The van der Waals surface area contributed by atoms with E-state index in [1.807, 2.05) is 24.3 Å². The van der Waals surface area contributed by atoms with Crippen LogP contribution in [0.15, 0.2) is 66.7 Å². The number of rotatable bonds is 6. The molecule has 0 saturated heterocycles. The van der Waals surface area contributed by atoms with Crippen molar-refractivity contribution in [1.82, 2.24) is 0 Å². The first-order valence-electron chi connectivity index (χ1n) is 12.4. The average molecular weight is 477 g/mol. The molecule has 2 N–H and O–H groups in total. The van der Waals surface area contributed by atoms with E-state index in [9.17, 15) is 15.0 Å². The predicted octanol–water partition coefficient (Wildman–Crippen LogP) is 8.33. The number of ether oxygens (including phenoxy) is 1. The maximum absolute atomic E-state index is 12.1. The molecule has 4 nitrogen and oxygen atoms in total. The third-order valence-electron chi connectivity index (χ3n) is 6.36. The van der Waals surface area contributed by atoms with Gasteiger partial charge in [0.1, 0.15) is 22.8 Å². The second kappa shape index (κ2) is 12.4. The molecule has 0 aliphatic carbocycles. The van der Waals surface area contributed by atoms with Gasteiger partial charge >= 0.3 is 5.97 Å². The van der Waals surface area contributed by atoms with E-state index < -0.39 is 5.97 Å². The van der Waals surface area contributed by atoms with Crippen molar-refractivity contribution < 1.29 is 19.7 Å². The van der Waals surface area contributed by atoms with Crippen LogP contribution in [0.25, 0.3) is 0 Å². The third-order valence-corrected chi connectivity index (χ3v) is 6.36. The highest BCUT2D eigenvalue weighted by molar-refractivity contribution is 5.94. The zero-order valence-corrected chi connectivity index (χ0v) is 22.1. The molecule has 0 aliphatic heterocycles. The van der Waals surface area contributed by atoms with E-state index in [1.54, 1.807) is 36.4 Å². The summed E-state index contributed by atoms with van der Waals surface area (Å²) in [6.07, 6.45) is 2.07. The smallest absolute Gasteiger partial charge is 0.347 e. The second-order valence-corrected chi connectivity index (χ2v) is 10.2. The molecule has 2 atom stereocenters. The lowest BCUT2D eigenvalue weighted by Crippen LogP contribution is -2.11. The van der Waals surface area contributed by atoms with Crippen molar-refractivity contribution in [1.29, 1.82) is 0 Å². The Balaban J connectivity index is 0.000000258. The number of hydrogen-bond acceptors (Lipinski definition) is 4. The summed E-state index contributed by atoms with van der Waals surface area (Å²) >= 11 is 0. The predicted molar refractivity (Wildman–Crippen MR) is 144 cm³/mol. The molecule has 4 heteroatoms. The van der Waals surface area contributed by atoms with Gasteiger partial charge in [-0.1, -0.05) is 78.8 Å². The highest BCUT2D eigenvalue weighted by Gasteiger charge is 2.17.